The quantitative estimate of drug-likeness (QED) is 0.778. The van der Waals surface area contributed by atoms with Gasteiger partial charge in [0.15, 0.2) is 0 Å². The maximum atomic E-state index is 3.78. The van der Waals surface area contributed by atoms with E-state index < -0.39 is 0 Å². The zero-order chi connectivity index (χ0) is 13.5. The van der Waals surface area contributed by atoms with Gasteiger partial charge in [0.05, 0.1) is 0 Å². The van der Waals surface area contributed by atoms with E-state index in [2.05, 4.69) is 49.5 Å². The van der Waals surface area contributed by atoms with E-state index in [9.17, 15) is 0 Å². The normalized spacial score (nSPS) is 25.2. The molecule has 0 radical (unpaired) electrons. The molecule has 1 aliphatic carbocycles. The second kappa shape index (κ2) is 7.69. The van der Waals surface area contributed by atoms with Gasteiger partial charge in [-0.15, -0.1) is 0 Å². The van der Waals surface area contributed by atoms with Crippen molar-refractivity contribution in [2.45, 2.75) is 64.3 Å². The van der Waals surface area contributed by atoms with Gasteiger partial charge in [0.1, 0.15) is 0 Å². The molecule has 1 N–H and O–H groups in total. The van der Waals surface area contributed by atoms with Crippen molar-refractivity contribution in [1.82, 2.24) is 5.32 Å². The maximum Gasteiger partial charge on any atom is 0.00676 e. The van der Waals surface area contributed by atoms with Crippen molar-refractivity contribution >= 4 is 0 Å². The summed E-state index contributed by atoms with van der Waals surface area (Å²) in [5, 5.41) is 3.78. The van der Waals surface area contributed by atoms with Gasteiger partial charge in [0.2, 0.25) is 0 Å². The molecule has 0 saturated heterocycles. The summed E-state index contributed by atoms with van der Waals surface area (Å²) in [4.78, 5) is 0. The Balaban J connectivity index is 1.71. The highest BCUT2D eigenvalue weighted by molar-refractivity contribution is 5.20. The second-order valence-corrected chi connectivity index (χ2v) is 6.26. The molecule has 0 aromatic heterocycles. The van der Waals surface area contributed by atoms with Gasteiger partial charge in [-0.05, 0) is 56.0 Å². The van der Waals surface area contributed by atoms with Crippen LogP contribution < -0.4 is 5.32 Å². The summed E-state index contributed by atoms with van der Waals surface area (Å²) in [6, 6.07) is 11.8. The molecule has 0 spiro atoms. The largest absolute Gasteiger partial charge is 0.314 e. The highest BCUT2D eigenvalue weighted by atomic mass is 14.9. The first-order valence-electron chi connectivity index (χ1n) is 8.08. The smallest absolute Gasteiger partial charge is 0.00676 e. The van der Waals surface area contributed by atoms with Gasteiger partial charge in [-0.2, -0.15) is 0 Å². The van der Waals surface area contributed by atoms with Crippen LogP contribution in [0.15, 0.2) is 30.3 Å². The molecule has 0 bridgehead atoms. The van der Waals surface area contributed by atoms with Crippen LogP contribution in [0, 0.1) is 5.92 Å². The highest BCUT2D eigenvalue weighted by Gasteiger charge is 2.21. The minimum absolute atomic E-state index is 0.763. The predicted octanol–water partition coefficient (Wildman–Crippen LogP) is 4.74. The lowest BCUT2D eigenvalue weighted by Crippen LogP contribution is -2.35. The Bertz CT molecular complexity index is 338. The van der Waals surface area contributed by atoms with Crippen molar-refractivity contribution in [3.8, 4) is 0 Å². The maximum absolute atomic E-state index is 3.78. The van der Waals surface area contributed by atoms with E-state index >= 15 is 0 Å². The fourth-order valence-electron chi connectivity index (χ4n) is 3.32. The van der Waals surface area contributed by atoms with Crippen LogP contribution in [0.1, 0.15) is 63.9 Å². The minimum Gasteiger partial charge on any atom is -0.314 e. The Hall–Kier alpha value is -0.820. The van der Waals surface area contributed by atoms with Gasteiger partial charge in [0.25, 0.3) is 0 Å². The minimum atomic E-state index is 0.763. The van der Waals surface area contributed by atoms with E-state index in [0.29, 0.717) is 0 Å². The third-order valence-corrected chi connectivity index (χ3v) is 4.53. The predicted molar refractivity (Wildman–Crippen MR) is 83.5 cm³/mol. The Morgan fingerprint density at radius 3 is 2.42 bits per heavy atom. The molecule has 1 fully saturated rings. The van der Waals surface area contributed by atoms with Gasteiger partial charge in [-0.1, -0.05) is 50.6 Å². The third kappa shape index (κ3) is 4.65. The fourth-order valence-corrected chi connectivity index (χ4v) is 3.32. The van der Waals surface area contributed by atoms with Crippen molar-refractivity contribution in [3.05, 3.63) is 35.9 Å². The van der Waals surface area contributed by atoms with E-state index in [1.165, 1.54) is 45.1 Å². The van der Waals surface area contributed by atoms with Crippen LogP contribution in [0.5, 0.6) is 0 Å². The molecule has 1 aromatic rings. The Kier molecular flexibility index (Phi) is 5.91. The van der Waals surface area contributed by atoms with E-state index in [-0.39, 0.29) is 0 Å². The molecular weight excluding hydrogens is 230 g/mol. The Morgan fingerprint density at radius 1 is 1.11 bits per heavy atom. The summed E-state index contributed by atoms with van der Waals surface area (Å²) in [5.74, 6) is 1.63. The number of hydrogen-bond acceptors (Lipinski definition) is 1. The lowest BCUT2D eigenvalue weighted by Gasteiger charge is -2.30. The van der Waals surface area contributed by atoms with Crippen molar-refractivity contribution in [1.29, 1.82) is 0 Å². The van der Waals surface area contributed by atoms with Crippen LogP contribution in [0.25, 0.3) is 0 Å². The summed E-state index contributed by atoms with van der Waals surface area (Å²) in [6.45, 7) is 5.85. The van der Waals surface area contributed by atoms with Crippen LogP contribution in [0.3, 0.4) is 0 Å². The van der Waals surface area contributed by atoms with E-state index in [4.69, 9.17) is 0 Å². The SMILES string of the molecule is CCCC(C)CNC1CCC(c2ccccc2)CC1. The third-order valence-electron chi connectivity index (χ3n) is 4.53. The number of nitrogens with one attached hydrogen (secondary N) is 1. The van der Waals surface area contributed by atoms with Crippen molar-refractivity contribution < 1.29 is 0 Å². The molecule has 1 nitrogen and oxygen atoms in total. The van der Waals surface area contributed by atoms with E-state index in [1.54, 1.807) is 5.56 Å². The molecule has 1 atom stereocenters. The summed E-state index contributed by atoms with van der Waals surface area (Å²) in [7, 11) is 0. The summed E-state index contributed by atoms with van der Waals surface area (Å²) < 4.78 is 0. The highest BCUT2D eigenvalue weighted by Crippen LogP contribution is 2.32. The first-order chi connectivity index (χ1) is 9.29. The van der Waals surface area contributed by atoms with Gasteiger partial charge < -0.3 is 5.32 Å². The molecule has 106 valence electrons. The molecule has 19 heavy (non-hydrogen) atoms. The first kappa shape index (κ1) is 14.6. The number of rotatable bonds is 6. The molecular formula is C18H29N. The molecule has 1 aliphatic rings. The molecule has 1 aromatic carbocycles. The summed E-state index contributed by atoms with van der Waals surface area (Å²) in [6.07, 6.45) is 8.06. The Labute approximate surface area is 118 Å². The fraction of sp³-hybridized carbons (Fsp3) is 0.667. The molecule has 2 rings (SSSR count). The van der Waals surface area contributed by atoms with E-state index in [0.717, 1.165) is 17.9 Å². The van der Waals surface area contributed by atoms with Crippen LogP contribution in [-0.4, -0.2) is 12.6 Å². The zero-order valence-corrected chi connectivity index (χ0v) is 12.6. The molecule has 1 heteroatoms. The number of benzene rings is 1. The Morgan fingerprint density at radius 2 is 1.79 bits per heavy atom. The van der Waals surface area contributed by atoms with Crippen molar-refractivity contribution in [2.24, 2.45) is 5.92 Å². The molecule has 1 saturated carbocycles. The monoisotopic (exact) mass is 259 g/mol. The van der Waals surface area contributed by atoms with Gasteiger partial charge >= 0.3 is 0 Å². The standard InChI is InChI=1S/C18H29N/c1-3-7-15(2)14-19-18-12-10-17(11-13-18)16-8-5-4-6-9-16/h4-6,8-9,15,17-19H,3,7,10-14H2,1-2H3. The first-order valence-corrected chi connectivity index (χ1v) is 8.08. The van der Waals surface area contributed by atoms with Crippen LogP contribution in [0.4, 0.5) is 0 Å². The molecule has 0 aliphatic heterocycles. The van der Waals surface area contributed by atoms with Gasteiger partial charge in [-0.3, -0.25) is 0 Å². The van der Waals surface area contributed by atoms with Gasteiger partial charge in [0, 0.05) is 6.04 Å². The summed E-state index contributed by atoms with van der Waals surface area (Å²) in [5.41, 5.74) is 1.54. The average molecular weight is 259 g/mol. The van der Waals surface area contributed by atoms with Crippen LogP contribution >= 0.6 is 0 Å². The van der Waals surface area contributed by atoms with Gasteiger partial charge in [-0.25, -0.2) is 0 Å². The zero-order valence-electron chi connectivity index (χ0n) is 12.6. The molecule has 0 amide bonds. The molecule has 0 heterocycles. The molecule has 1 unspecified atom stereocenters. The summed E-state index contributed by atoms with van der Waals surface area (Å²) >= 11 is 0. The number of hydrogen-bond donors (Lipinski definition) is 1. The van der Waals surface area contributed by atoms with Crippen molar-refractivity contribution in [3.63, 3.8) is 0 Å². The van der Waals surface area contributed by atoms with Crippen LogP contribution in [-0.2, 0) is 0 Å². The van der Waals surface area contributed by atoms with Crippen LogP contribution in [0.2, 0.25) is 0 Å². The second-order valence-electron chi connectivity index (χ2n) is 6.26. The van der Waals surface area contributed by atoms with E-state index in [1.807, 2.05) is 0 Å². The lowest BCUT2D eigenvalue weighted by atomic mass is 9.81. The lowest BCUT2D eigenvalue weighted by molar-refractivity contribution is 0.323. The average Bonchev–Trinajstić information content (AvgIpc) is 2.47. The topological polar surface area (TPSA) is 12.0 Å². The van der Waals surface area contributed by atoms with Crippen molar-refractivity contribution in [2.75, 3.05) is 6.54 Å².